The number of pyridine rings is 1. The van der Waals surface area contributed by atoms with E-state index in [0.29, 0.717) is 5.82 Å². The Morgan fingerprint density at radius 1 is 1.40 bits per heavy atom. The van der Waals surface area contributed by atoms with E-state index in [1.165, 1.54) is 6.07 Å². The van der Waals surface area contributed by atoms with E-state index in [-0.39, 0.29) is 5.69 Å². The minimum Gasteiger partial charge on any atom is -0.477 e. The van der Waals surface area contributed by atoms with Crippen LogP contribution in [-0.4, -0.2) is 25.8 Å². The van der Waals surface area contributed by atoms with Crippen LogP contribution in [-0.2, 0) is 0 Å². The van der Waals surface area contributed by atoms with E-state index >= 15 is 0 Å². The van der Waals surface area contributed by atoms with E-state index in [0.717, 1.165) is 5.69 Å². The molecule has 5 heteroatoms. The third-order valence-corrected chi connectivity index (χ3v) is 2.00. The molecule has 1 N–H and O–H groups in total. The molecule has 0 aliphatic rings. The molecule has 0 bridgehead atoms. The van der Waals surface area contributed by atoms with E-state index in [4.69, 9.17) is 5.11 Å². The van der Waals surface area contributed by atoms with Gasteiger partial charge in [-0.15, -0.1) is 0 Å². The highest BCUT2D eigenvalue weighted by Gasteiger charge is 2.07. The third kappa shape index (κ3) is 1.71. The van der Waals surface area contributed by atoms with E-state index in [2.05, 4.69) is 10.1 Å². The Labute approximate surface area is 86.0 Å². The Balaban J connectivity index is 2.50. The number of hydrogen-bond acceptors (Lipinski definition) is 3. The summed E-state index contributed by atoms with van der Waals surface area (Å²) in [6.07, 6.45) is 1.64. The van der Waals surface area contributed by atoms with Gasteiger partial charge in [-0.05, 0) is 25.1 Å². The summed E-state index contributed by atoms with van der Waals surface area (Å²) in [6, 6.07) is 6.64. The minimum absolute atomic E-state index is 0.0161. The van der Waals surface area contributed by atoms with Gasteiger partial charge in [-0.25, -0.2) is 14.5 Å². The number of rotatable bonds is 2. The number of carboxylic acid groups (broad SMARTS) is 1. The lowest BCUT2D eigenvalue weighted by Crippen LogP contribution is -2.06. The zero-order valence-corrected chi connectivity index (χ0v) is 8.08. The Morgan fingerprint density at radius 3 is 2.80 bits per heavy atom. The first-order valence-electron chi connectivity index (χ1n) is 4.40. The average molecular weight is 203 g/mol. The van der Waals surface area contributed by atoms with Gasteiger partial charge in [0, 0.05) is 11.9 Å². The molecule has 2 aromatic rings. The average Bonchev–Trinajstić information content (AvgIpc) is 2.64. The number of hydrogen-bond donors (Lipinski definition) is 1. The smallest absolute Gasteiger partial charge is 0.354 e. The standard InChI is InChI=1S/C10H9N3O2/c1-7-5-6-11-13(7)9-4-2-3-8(12-9)10(14)15/h2-6H,1H3,(H,14,15). The summed E-state index contributed by atoms with van der Waals surface area (Å²) >= 11 is 0. The first-order chi connectivity index (χ1) is 7.18. The normalized spacial score (nSPS) is 10.2. The number of nitrogens with zero attached hydrogens (tertiary/aromatic N) is 3. The fourth-order valence-electron chi connectivity index (χ4n) is 1.27. The van der Waals surface area contributed by atoms with Gasteiger partial charge in [-0.1, -0.05) is 6.07 Å². The van der Waals surface area contributed by atoms with Crippen LogP contribution in [0.25, 0.3) is 5.82 Å². The summed E-state index contributed by atoms with van der Waals surface area (Å²) in [5, 5.41) is 12.8. The molecule has 0 saturated carbocycles. The lowest BCUT2D eigenvalue weighted by atomic mass is 10.3. The van der Waals surface area contributed by atoms with Crippen molar-refractivity contribution in [2.45, 2.75) is 6.92 Å². The maximum Gasteiger partial charge on any atom is 0.354 e. The highest BCUT2D eigenvalue weighted by atomic mass is 16.4. The first kappa shape index (κ1) is 9.39. The van der Waals surface area contributed by atoms with Crippen LogP contribution >= 0.6 is 0 Å². The molecule has 0 amide bonds. The Kier molecular flexibility index (Phi) is 2.21. The third-order valence-electron chi connectivity index (χ3n) is 2.00. The van der Waals surface area contributed by atoms with Crippen LogP contribution in [0.3, 0.4) is 0 Å². The molecule has 0 aliphatic heterocycles. The summed E-state index contributed by atoms with van der Waals surface area (Å²) in [5.41, 5.74) is 0.924. The molecule has 0 unspecified atom stereocenters. The summed E-state index contributed by atoms with van der Waals surface area (Å²) < 4.78 is 1.59. The number of aromatic nitrogens is 3. The number of carbonyl (C=O) groups is 1. The number of aryl methyl sites for hydroxylation is 1. The van der Waals surface area contributed by atoms with Crippen LogP contribution in [0.1, 0.15) is 16.2 Å². The first-order valence-corrected chi connectivity index (χ1v) is 4.40. The molecule has 0 radical (unpaired) electrons. The topological polar surface area (TPSA) is 68.0 Å². The van der Waals surface area contributed by atoms with Crippen LogP contribution in [0.5, 0.6) is 0 Å². The highest BCUT2D eigenvalue weighted by Crippen LogP contribution is 2.07. The predicted octanol–water partition coefficient (Wildman–Crippen LogP) is 1.27. The molecule has 2 rings (SSSR count). The van der Waals surface area contributed by atoms with E-state index < -0.39 is 5.97 Å². The van der Waals surface area contributed by atoms with Crippen molar-refractivity contribution in [3.05, 3.63) is 41.9 Å². The molecule has 15 heavy (non-hydrogen) atoms. The van der Waals surface area contributed by atoms with Crippen molar-refractivity contribution in [1.82, 2.24) is 14.8 Å². The monoisotopic (exact) mass is 203 g/mol. The molecule has 5 nitrogen and oxygen atoms in total. The van der Waals surface area contributed by atoms with Crippen molar-refractivity contribution in [2.24, 2.45) is 0 Å². The van der Waals surface area contributed by atoms with Crippen molar-refractivity contribution in [3.63, 3.8) is 0 Å². The van der Waals surface area contributed by atoms with Crippen LogP contribution < -0.4 is 0 Å². The van der Waals surface area contributed by atoms with E-state index in [1.54, 1.807) is 23.0 Å². The van der Waals surface area contributed by atoms with Gasteiger partial charge in [-0.2, -0.15) is 5.10 Å². The fraction of sp³-hybridized carbons (Fsp3) is 0.100. The van der Waals surface area contributed by atoms with Gasteiger partial charge in [0.15, 0.2) is 11.5 Å². The molecule has 2 heterocycles. The molecular formula is C10H9N3O2. The number of aromatic carboxylic acids is 1. The van der Waals surface area contributed by atoms with Crippen molar-refractivity contribution in [1.29, 1.82) is 0 Å². The van der Waals surface area contributed by atoms with Gasteiger partial charge in [0.05, 0.1) is 0 Å². The SMILES string of the molecule is Cc1ccnn1-c1cccc(C(=O)O)n1. The van der Waals surface area contributed by atoms with Crippen LogP contribution in [0.4, 0.5) is 0 Å². The lowest BCUT2D eigenvalue weighted by molar-refractivity contribution is 0.0690. The van der Waals surface area contributed by atoms with Gasteiger partial charge < -0.3 is 5.11 Å². The maximum atomic E-state index is 10.7. The largest absolute Gasteiger partial charge is 0.477 e. The summed E-state index contributed by atoms with van der Waals surface area (Å²) in [4.78, 5) is 14.7. The van der Waals surface area contributed by atoms with Gasteiger partial charge >= 0.3 is 5.97 Å². The lowest BCUT2D eigenvalue weighted by Gasteiger charge is -2.03. The van der Waals surface area contributed by atoms with Crippen molar-refractivity contribution >= 4 is 5.97 Å². The second kappa shape index (κ2) is 3.53. The molecule has 2 aromatic heterocycles. The zero-order valence-electron chi connectivity index (χ0n) is 8.08. The molecule has 0 aliphatic carbocycles. The quantitative estimate of drug-likeness (QED) is 0.798. The second-order valence-corrected chi connectivity index (χ2v) is 3.07. The molecular weight excluding hydrogens is 194 g/mol. The Hall–Kier alpha value is -2.17. The van der Waals surface area contributed by atoms with Gasteiger partial charge in [0.2, 0.25) is 0 Å². The molecule has 76 valence electrons. The number of carboxylic acids is 1. The Morgan fingerprint density at radius 2 is 2.20 bits per heavy atom. The van der Waals surface area contributed by atoms with Crippen LogP contribution in [0, 0.1) is 6.92 Å². The molecule has 0 fully saturated rings. The van der Waals surface area contributed by atoms with Crippen molar-refractivity contribution < 1.29 is 9.90 Å². The molecule has 0 atom stereocenters. The molecule has 0 spiro atoms. The Bertz CT molecular complexity index is 505. The predicted molar refractivity (Wildman–Crippen MR) is 53.1 cm³/mol. The maximum absolute atomic E-state index is 10.7. The van der Waals surface area contributed by atoms with Crippen molar-refractivity contribution in [2.75, 3.05) is 0 Å². The summed E-state index contributed by atoms with van der Waals surface area (Å²) in [7, 11) is 0. The van der Waals surface area contributed by atoms with E-state index in [1.807, 2.05) is 13.0 Å². The van der Waals surface area contributed by atoms with Gasteiger partial charge in [0.1, 0.15) is 0 Å². The summed E-state index contributed by atoms with van der Waals surface area (Å²) in [5.74, 6) is -0.529. The van der Waals surface area contributed by atoms with Gasteiger partial charge in [-0.3, -0.25) is 0 Å². The van der Waals surface area contributed by atoms with E-state index in [9.17, 15) is 4.79 Å². The zero-order chi connectivity index (χ0) is 10.8. The van der Waals surface area contributed by atoms with Gasteiger partial charge in [0.25, 0.3) is 0 Å². The summed E-state index contributed by atoms with van der Waals surface area (Å²) in [6.45, 7) is 1.88. The second-order valence-electron chi connectivity index (χ2n) is 3.07. The van der Waals surface area contributed by atoms with Crippen molar-refractivity contribution in [3.8, 4) is 5.82 Å². The van der Waals surface area contributed by atoms with Crippen LogP contribution in [0.2, 0.25) is 0 Å². The minimum atomic E-state index is -1.04. The molecule has 0 saturated heterocycles. The molecule has 0 aromatic carbocycles. The van der Waals surface area contributed by atoms with Crippen LogP contribution in [0.15, 0.2) is 30.5 Å². The fourth-order valence-corrected chi connectivity index (χ4v) is 1.27. The highest BCUT2D eigenvalue weighted by molar-refractivity contribution is 5.85.